The zero-order valence-electron chi connectivity index (χ0n) is 12.4. The maximum absolute atomic E-state index is 4.50. The van der Waals surface area contributed by atoms with Crippen LogP contribution in [0, 0.1) is 0 Å². The SMILES string of the molecule is Bc1c(-c2ccccc2)cccc1-n1cnc2ccccc21. The quantitative estimate of drug-likeness (QED) is 0.517. The molecule has 2 nitrogen and oxygen atoms in total. The molecule has 1 aromatic heterocycles. The van der Waals surface area contributed by atoms with Crippen LogP contribution in [0.25, 0.3) is 27.8 Å². The third-order valence-electron chi connectivity index (χ3n) is 4.10. The Morgan fingerprint density at radius 3 is 2.41 bits per heavy atom. The summed E-state index contributed by atoms with van der Waals surface area (Å²) in [4.78, 5) is 4.50. The molecule has 4 aromatic rings. The minimum absolute atomic E-state index is 1.02. The molecule has 22 heavy (non-hydrogen) atoms. The Bertz CT molecular complexity index is 942. The summed E-state index contributed by atoms with van der Waals surface area (Å²) in [6.07, 6.45) is 1.90. The molecule has 0 aliphatic heterocycles. The van der Waals surface area contributed by atoms with Gasteiger partial charge in [-0.1, -0.05) is 60.1 Å². The summed E-state index contributed by atoms with van der Waals surface area (Å²) in [5.74, 6) is 0. The molecule has 0 fully saturated rings. The van der Waals surface area contributed by atoms with Crippen LogP contribution >= 0.6 is 0 Å². The number of nitrogens with zero attached hydrogens (tertiary/aromatic N) is 2. The normalized spacial score (nSPS) is 10.9. The number of fused-ring (bicyclic) bond motifs is 1. The van der Waals surface area contributed by atoms with Gasteiger partial charge in [0.2, 0.25) is 0 Å². The lowest BCUT2D eigenvalue weighted by molar-refractivity contribution is 1.10. The van der Waals surface area contributed by atoms with Gasteiger partial charge in [-0.2, -0.15) is 0 Å². The van der Waals surface area contributed by atoms with Crippen molar-refractivity contribution in [2.45, 2.75) is 0 Å². The molecular formula is C19H15BN2. The van der Waals surface area contributed by atoms with Crippen LogP contribution < -0.4 is 5.46 Å². The Kier molecular flexibility index (Phi) is 3.04. The highest BCUT2D eigenvalue weighted by Crippen LogP contribution is 2.21. The van der Waals surface area contributed by atoms with E-state index in [1.165, 1.54) is 22.3 Å². The molecule has 0 unspecified atom stereocenters. The highest BCUT2D eigenvalue weighted by molar-refractivity contribution is 6.38. The van der Waals surface area contributed by atoms with Crippen molar-refractivity contribution in [3.8, 4) is 16.8 Å². The number of hydrogen-bond acceptors (Lipinski definition) is 1. The molecule has 0 bridgehead atoms. The smallest absolute Gasteiger partial charge is 0.142 e. The van der Waals surface area contributed by atoms with Crippen LogP contribution in [-0.2, 0) is 0 Å². The maximum atomic E-state index is 4.50. The van der Waals surface area contributed by atoms with Crippen LogP contribution in [0.3, 0.4) is 0 Å². The molecule has 0 N–H and O–H groups in total. The van der Waals surface area contributed by atoms with Crippen LogP contribution in [0.5, 0.6) is 0 Å². The average molecular weight is 282 g/mol. The number of hydrogen-bond donors (Lipinski definition) is 0. The maximum Gasteiger partial charge on any atom is 0.142 e. The van der Waals surface area contributed by atoms with Crippen molar-refractivity contribution in [3.63, 3.8) is 0 Å². The average Bonchev–Trinajstić information content (AvgIpc) is 3.00. The van der Waals surface area contributed by atoms with Gasteiger partial charge in [0.15, 0.2) is 0 Å². The fourth-order valence-corrected chi connectivity index (χ4v) is 2.97. The lowest BCUT2D eigenvalue weighted by Crippen LogP contribution is -2.15. The number of imidazole rings is 1. The Morgan fingerprint density at radius 2 is 1.55 bits per heavy atom. The summed E-state index contributed by atoms with van der Waals surface area (Å²) >= 11 is 0. The molecule has 0 radical (unpaired) electrons. The van der Waals surface area contributed by atoms with E-state index in [0.717, 1.165) is 11.0 Å². The van der Waals surface area contributed by atoms with E-state index in [9.17, 15) is 0 Å². The second kappa shape index (κ2) is 5.19. The van der Waals surface area contributed by atoms with Gasteiger partial charge < -0.3 is 0 Å². The molecule has 0 amide bonds. The fourth-order valence-electron chi connectivity index (χ4n) is 2.97. The summed E-state index contributed by atoms with van der Waals surface area (Å²) in [5, 5.41) is 0. The van der Waals surface area contributed by atoms with Crippen molar-refractivity contribution in [3.05, 3.63) is 79.1 Å². The van der Waals surface area contributed by atoms with Crippen molar-refractivity contribution in [2.75, 3.05) is 0 Å². The first kappa shape index (κ1) is 12.9. The highest BCUT2D eigenvalue weighted by Gasteiger charge is 2.09. The van der Waals surface area contributed by atoms with Crippen molar-refractivity contribution >= 4 is 24.3 Å². The van der Waals surface area contributed by atoms with Crippen LogP contribution in [0.2, 0.25) is 0 Å². The molecule has 0 atom stereocenters. The van der Waals surface area contributed by atoms with Gasteiger partial charge >= 0.3 is 0 Å². The Balaban J connectivity index is 1.94. The molecule has 104 valence electrons. The standard InChI is InChI=1S/C19H15BN2/c20-19-15(14-7-2-1-3-8-14)9-6-12-18(19)22-13-21-16-10-4-5-11-17(16)22/h1-13H,20H2. The lowest BCUT2D eigenvalue weighted by Gasteiger charge is -2.13. The second-order valence-corrected chi connectivity index (χ2v) is 5.42. The lowest BCUT2D eigenvalue weighted by atomic mass is 9.85. The van der Waals surface area contributed by atoms with Gasteiger partial charge in [0.25, 0.3) is 0 Å². The van der Waals surface area contributed by atoms with Crippen molar-refractivity contribution in [2.24, 2.45) is 0 Å². The van der Waals surface area contributed by atoms with Gasteiger partial charge in [0, 0.05) is 5.69 Å². The predicted octanol–water partition coefficient (Wildman–Crippen LogP) is 2.95. The highest BCUT2D eigenvalue weighted by atomic mass is 15.0. The number of benzene rings is 3. The molecule has 0 aliphatic rings. The molecule has 0 saturated carbocycles. The van der Waals surface area contributed by atoms with Gasteiger partial charge in [-0.25, -0.2) is 4.98 Å². The molecule has 0 spiro atoms. The van der Waals surface area contributed by atoms with Crippen LogP contribution in [-0.4, -0.2) is 17.4 Å². The molecule has 3 heteroatoms. The predicted molar refractivity (Wildman–Crippen MR) is 94.7 cm³/mol. The molecule has 1 heterocycles. The summed E-state index contributed by atoms with van der Waals surface area (Å²) in [7, 11) is 2.17. The van der Waals surface area contributed by atoms with Crippen molar-refractivity contribution < 1.29 is 0 Å². The third kappa shape index (κ3) is 2.02. The third-order valence-corrected chi connectivity index (χ3v) is 4.10. The second-order valence-electron chi connectivity index (χ2n) is 5.42. The van der Waals surface area contributed by atoms with E-state index >= 15 is 0 Å². The van der Waals surface area contributed by atoms with Crippen molar-refractivity contribution in [1.29, 1.82) is 0 Å². The van der Waals surface area contributed by atoms with Crippen LogP contribution in [0.15, 0.2) is 79.1 Å². The molecular weight excluding hydrogens is 267 g/mol. The van der Waals surface area contributed by atoms with Gasteiger partial charge in [-0.3, -0.25) is 4.57 Å². The number of aromatic nitrogens is 2. The summed E-state index contributed by atoms with van der Waals surface area (Å²) in [5.41, 5.74) is 7.09. The monoisotopic (exact) mass is 282 g/mol. The number of para-hydroxylation sites is 2. The van der Waals surface area contributed by atoms with Gasteiger partial charge in [-0.15, -0.1) is 0 Å². The van der Waals surface area contributed by atoms with E-state index in [-0.39, 0.29) is 0 Å². The topological polar surface area (TPSA) is 17.8 Å². The molecule has 4 rings (SSSR count). The summed E-state index contributed by atoms with van der Waals surface area (Å²) in [6, 6.07) is 25.2. The number of rotatable bonds is 2. The van der Waals surface area contributed by atoms with Gasteiger partial charge in [0.1, 0.15) is 14.2 Å². The minimum Gasteiger partial charge on any atom is -0.299 e. The first-order chi connectivity index (χ1) is 10.8. The Hall–Kier alpha value is -2.81. The first-order valence-corrected chi connectivity index (χ1v) is 7.42. The van der Waals surface area contributed by atoms with Gasteiger partial charge in [-0.05, 0) is 29.3 Å². The van der Waals surface area contributed by atoms with E-state index < -0.39 is 0 Å². The molecule has 0 aliphatic carbocycles. The zero-order valence-corrected chi connectivity index (χ0v) is 12.4. The van der Waals surface area contributed by atoms with Gasteiger partial charge in [0.05, 0.1) is 11.0 Å². The summed E-state index contributed by atoms with van der Waals surface area (Å²) < 4.78 is 2.16. The Labute approximate surface area is 130 Å². The van der Waals surface area contributed by atoms with E-state index in [0.29, 0.717) is 0 Å². The molecule has 3 aromatic carbocycles. The minimum atomic E-state index is 1.02. The van der Waals surface area contributed by atoms with Crippen LogP contribution in [0.4, 0.5) is 0 Å². The van der Waals surface area contributed by atoms with E-state index in [2.05, 4.69) is 72.0 Å². The van der Waals surface area contributed by atoms with Crippen molar-refractivity contribution in [1.82, 2.24) is 9.55 Å². The fraction of sp³-hybridized carbons (Fsp3) is 0. The largest absolute Gasteiger partial charge is 0.299 e. The van der Waals surface area contributed by atoms with E-state index in [1.54, 1.807) is 0 Å². The first-order valence-electron chi connectivity index (χ1n) is 7.42. The van der Waals surface area contributed by atoms with E-state index in [1.807, 2.05) is 24.5 Å². The Morgan fingerprint density at radius 1 is 0.773 bits per heavy atom. The zero-order chi connectivity index (χ0) is 14.9. The molecule has 0 saturated heterocycles. The van der Waals surface area contributed by atoms with E-state index in [4.69, 9.17) is 0 Å². The van der Waals surface area contributed by atoms with Crippen LogP contribution in [0.1, 0.15) is 0 Å². The summed E-state index contributed by atoms with van der Waals surface area (Å²) in [6.45, 7) is 0.